The van der Waals surface area contributed by atoms with E-state index in [0.717, 1.165) is 10.7 Å². The van der Waals surface area contributed by atoms with Gasteiger partial charge in [0.1, 0.15) is 0 Å². The standard InChI is InChI=1S/C9H17F3N2O3S/c10-9(11,12)3-4-13-18(16,17)14-5-1-2-8(6-14)7-15/h8,13,15H,1-7H2. The number of nitrogens with one attached hydrogen (secondary N) is 1. The van der Waals surface area contributed by atoms with Crippen LogP contribution in [-0.2, 0) is 10.2 Å². The van der Waals surface area contributed by atoms with E-state index < -0.39 is 29.4 Å². The molecular weight excluding hydrogens is 273 g/mol. The fourth-order valence-electron chi connectivity index (χ4n) is 1.81. The van der Waals surface area contributed by atoms with E-state index in [1.807, 2.05) is 4.72 Å². The molecule has 0 amide bonds. The van der Waals surface area contributed by atoms with Crippen LogP contribution >= 0.6 is 0 Å². The molecule has 1 fully saturated rings. The Morgan fingerprint density at radius 1 is 1.39 bits per heavy atom. The van der Waals surface area contributed by atoms with Gasteiger partial charge in [-0.25, -0.2) is 4.72 Å². The maximum Gasteiger partial charge on any atom is 0.390 e. The molecule has 1 saturated heterocycles. The average molecular weight is 290 g/mol. The number of hydrogen-bond acceptors (Lipinski definition) is 3. The monoisotopic (exact) mass is 290 g/mol. The number of piperidine rings is 1. The average Bonchev–Trinajstić information content (AvgIpc) is 2.27. The van der Waals surface area contributed by atoms with E-state index in [4.69, 9.17) is 5.11 Å². The van der Waals surface area contributed by atoms with Crippen LogP contribution in [0.5, 0.6) is 0 Å². The third-order valence-electron chi connectivity index (χ3n) is 2.77. The Hall–Kier alpha value is -0.380. The van der Waals surface area contributed by atoms with Crippen LogP contribution < -0.4 is 4.72 Å². The van der Waals surface area contributed by atoms with Gasteiger partial charge in [-0.3, -0.25) is 0 Å². The van der Waals surface area contributed by atoms with Crippen molar-refractivity contribution in [2.75, 3.05) is 26.2 Å². The van der Waals surface area contributed by atoms with Crippen molar-refractivity contribution >= 4 is 10.2 Å². The first-order valence-electron chi connectivity index (χ1n) is 5.67. The van der Waals surface area contributed by atoms with Gasteiger partial charge >= 0.3 is 6.18 Å². The molecule has 1 atom stereocenters. The van der Waals surface area contributed by atoms with Gasteiger partial charge in [0.25, 0.3) is 10.2 Å². The van der Waals surface area contributed by atoms with Crippen LogP contribution in [0.1, 0.15) is 19.3 Å². The van der Waals surface area contributed by atoms with Gasteiger partial charge in [0, 0.05) is 26.2 Å². The highest BCUT2D eigenvalue weighted by Gasteiger charge is 2.31. The molecule has 2 N–H and O–H groups in total. The minimum absolute atomic E-state index is 0.116. The molecular formula is C9H17F3N2O3S. The van der Waals surface area contributed by atoms with Crippen LogP contribution in [0.25, 0.3) is 0 Å². The predicted octanol–water partition coefficient (Wildman–Crippen LogP) is 0.477. The molecule has 0 spiro atoms. The summed E-state index contributed by atoms with van der Waals surface area (Å²) in [6, 6.07) is 0. The molecule has 0 aromatic heterocycles. The van der Waals surface area contributed by atoms with Gasteiger partial charge in [0.05, 0.1) is 6.42 Å². The molecule has 1 aliphatic heterocycles. The summed E-state index contributed by atoms with van der Waals surface area (Å²) in [5, 5.41) is 8.97. The highest BCUT2D eigenvalue weighted by molar-refractivity contribution is 7.87. The summed E-state index contributed by atoms with van der Waals surface area (Å²) in [6.07, 6.45) is -4.24. The molecule has 0 saturated carbocycles. The van der Waals surface area contributed by atoms with Gasteiger partial charge in [0.2, 0.25) is 0 Å². The minimum atomic E-state index is -4.38. The van der Waals surface area contributed by atoms with Crippen LogP contribution in [0.3, 0.4) is 0 Å². The fraction of sp³-hybridized carbons (Fsp3) is 1.00. The van der Waals surface area contributed by atoms with Crippen LogP contribution in [0.2, 0.25) is 0 Å². The Kier molecular flexibility index (Phi) is 5.38. The van der Waals surface area contributed by atoms with Crippen LogP contribution in [-0.4, -0.2) is 50.2 Å². The third-order valence-corrected chi connectivity index (χ3v) is 4.35. The molecule has 1 heterocycles. The van der Waals surface area contributed by atoms with Gasteiger partial charge in [-0.1, -0.05) is 0 Å². The fourth-order valence-corrected chi connectivity index (χ4v) is 3.13. The lowest BCUT2D eigenvalue weighted by Gasteiger charge is -2.30. The largest absolute Gasteiger partial charge is 0.396 e. The molecule has 0 radical (unpaired) electrons. The van der Waals surface area contributed by atoms with Crippen molar-refractivity contribution in [3.63, 3.8) is 0 Å². The molecule has 1 unspecified atom stereocenters. The molecule has 0 aromatic carbocycles. The SMILES string of the molecule is O=S(=O)(NCCC(F)(F)F)N1CCCC(CO)C1. The number of hydrogen-bond donors (Lipinski definition) is 2. The van der Waals surface area contributed by atoms with Gasteiger partial charge in [-0.05, 0) is 18.8 Å². The van der Waals surface area contributed by atoms with Crippen molar-refractivity contribution < 1.29 is 26.7 Å². The van der Waals surface area contributed by atoms with Crippen molar-refractivity contribution in [3.05, 3.63) is 0 Å². The van der Waals surface area contributed by atoms with E-state index >= 15 is 0 Å². The van der Waals surface area contributed by atoms with E-state index in [9.17, 15) is 21.6 Å². The lowest BCUT2D eigenvalue weighted by atomic mass is 10.0. The topological polar surface area (TPSA) is 69.6 Å². The van der Waals surface area contributed by atoms with Crippen molar-refractivity contribution in [1.82, 2.24) is 9.03 Å². The van der Waals surface area contributed by atoms with Gasteiger partial charge in [-0.2, -0.15) is 25.9 Å². The Morgan fingerprint density at radius 2 is 2.06 bits per heavy atom. The molecule has 5 nitrogen and oxygen atoms in total. The number of rotatable bonds is 5. The summed E-state index contributed by atoms with van der Waals surface area (Å²) in [4.78, 5) is 0. The number of alkyl halides is 3. The molecule has 9 heteroatoms. The van der Waals surface area contributed by atoms with E-state index in [0.29, 0.717) is 6.42 Å². The van der Waals surface area contributed by atoms with Crippen molar-refractivity contribution in [3.8, 4) is 0 Å². The summed E-state index contributed by atoms with van der Waals surface area (Å²) >= 11 is 0. The summed E-state index contributed by atoms with van der Waals surface area (Å²) in [6.45, 7) is -0.351. The van der Waals surface area contributed by atoms with Crippen molar-refractivity contribution in [1.29, 1.82) is 0 Å². The molecule has 0 bridgehead atoms. The quantitative estimate of drug-likeness (QED) is 0.773. The zero-order valence-corrected chi connectivity index (χ0v) is 10.6. The van der Waals surface area contributed by atoms with E-state index in [2.05, 4.69) is 0 Å². The van der Waals surface area contributed by atoms with Gasteiger partial charge < -0.3 is 5.11 Å². The number of aliphatic hydroxyl groups is 1. The van der Waals surface area contributed by atoms with Crippen LogP contribution in [0.15, 0.2) is 0 Å². The lowest BCUT2D eigenvalue weighted by molar-refractivity contribution is -0.132. The summed E-state index contributed by atoms with van der Waals surface area (Å²) in [5.74, 6) is -0.141. The van der Waals surface area contributed by atoms with Crippen molar-refractivity contribution in [2.45, 2.75) is 25.4 Å². The Morgan fingerprint density at radius 3 is 2.61 bits per heavy atom. The predicted molar refractivity (Wildman–Crippen MR) is 59.0 cm³/mol. The molecule has 1 rings (SSSR count). The maximum atomic E-state index is 11.9. The Bertz CT molecular complexity index is 359. The first-order chi connectivity index (χ1) is 8.24. The maximum absolute atomic E-state index is 11.9. The summed E-state index contributed by atoms with van der Waals surface area (Å²) < 4.78 is 62.1. The van der Waals surface area contributed by atoms with Crippen LogP contribution in [0.4, 0.5) is 13.2 Å². The normalized spacial score (nSPS) is 23.2. The zero-order chi connectivity index (χ0) is 13.8. The minimum Gasteiger partial charge on any atom is -0.396 e. The van der Waals surface area contributed by atoms with Gasteiger partial charge in [-0.15, -0.1) is 0 Å². The summed E-state index contributed by atoms with van der Waals surface area (Å²) in [5.41, 5.74) is 0. The second kappa shape index (κ2) is 6.18. The second-order valence-electron chi connectivity index (χ2n) is 4.31. The van der Waals surface area contributed by atoms with E-state index in [-0.39, 0.29) is 25.6 Å². The van der Waals surface area contributed by atoms with Gasteiger partial charge in [0.15, 0.2) is 0 Å². The zero-order valence-electron chi connectivity index (χ0n) is 9.78. The first-order valence-corrected chi connectivity index (χ1v) is 7.11. The molecule has 18 heavy (non-hydrogen) atoms. The molecule has 0 aliphatic carbocycles. The van der Waals surface area contributed by atoms with Crippen LogP contribution in [0, 0.1) is 5.92 Å². The highest BCUT2D eigenvalue weighted by Crippen LogP contribution is 2.20. The highest BCUT2D eigenvalue weighted by atomic mass is 32.2. The molecule has 0 aromatic rings. The molecule has 1 aliphatic rings. The van der Waals surface area contributed by atoms with E-state index in [1.165, 1.54) is 0 Å². The van der Waals surface area contributed by atoms with Crippen molar-refractivity contribution in [2.24, 2.45) is 5.92 Å². The number of nitrogens with zero attached hydrogens (tertiary/aromatic N) is 1. The Balaban J connectivity index is 2.47. The first kappa shape index (κ1) is 15.7. The number of halogens is 3. The second-order valence-corrected chi connectivity index (χ2v) is 6.07. The smallest absolute Gasteiger partial charge is 0.390 e. The number of aliphatic hydroxyl groups excluding tert-OH is 1. The molecule has 108 valence electrons. The summed E-state index contributed by atoms with van der Waals surface area (Å²) in [7, 11) is -3.88. The lowest BCUT2D eigenvalue weighted by Crippen LogP contribution is -2.47. The van der Waals surface area contributed by atoms with E-state index in [1.54, 1.807) is 0 Å². The Labute approximate surface area is 104 Å². The third kappa shape index (κ3) is 5.09.